The van der Waals surface area contributed by atoms with Crippen molar-refractivity contribution >= 4 is 27.8 Å². The van der Waals surface area contributed by atoms with Crippen molar-refractivity contribution in [2.24, 2.45) is 0 Å². The summed E-state index contributed by atoms with van der Waals surface area (Å²) in [5.74, 6) is 0. The Morgan fingerprint density at radius 1 is 1.05 bits per heavy atom. The predicted octanol–water partition coefficient (Wildman–Crippen LogP) is 4.75. The molecule has 1 heterocycles. The third kappa shape index (κ3) is 3.06. The maximum atomic E-state index is 5.82. The number of anilines is 3. The topological polar surface area (TPSA) is 50.9 Å². The quantitative estimate of drug-likeness (QED) is 0.685. The van der Waals surface area contributed by atoms with Gasteiger partial charge in [-0.25, -0.2) is 4.98 Å². The maximum absolute atomic E-state index is 5.82. The number of nitrogens with two attached hydrogens (primary N) is 1. The Kier molecular flexibility index (Phi) is 3.62. The molecule has 21 heavy (non-hydrogen) atoms. The van der Waals surface area contributed by atoms with Gasteiger partial charge in [0.25, 0.3) is 0 Å². The second-order valence-electron chi connectivity index (χ2n) is 5.09. The molecule has 0 aliphatic rings. The highest BCUT2D eigenvalue weighted by Crippen LogP contribution is 2.28. The number of nitrogens with one attached hydrogen (secondary N) is 1. The molecule has 0 spiro atoms. The number of aryl methyl sites for hydroxylation is 2. The smallest absolute Gasteiger partial charge is 0.187 e. The molecule has 3 aromatic rings. The first-order chi connectivity index (χ1) is 10.1. The number of nitrogen functional groups attached to an aromatic ring is 1. The van der Waals surface area contributed by atoms with E-state index in [1.807, 2.05) is 29.6 Å². The van der Waals surface area contributed by atoms with E-state index in [9.17, 15) is 0 Å². The van der Waals surface area contributed by atoms with E-state index in [1.165, 1.54) is 11.1 Å². The summed E-state index contributed by atoms with van der Waals surface area (Å²) in [5, 5.41) is 6.28. The summed E-state index contributed by atoms with van der Waals surface area (Å²) in [6.07, 6.45) is 0. The zero-order chi connectivity index (χ0) is 14.8. The van der Waals surface area contributed by atoms with Crippen molar-refractivity contribution < 1.29 is 0 Å². The van der Waals surface area contributed by atoms with E-state index in [0.29, 0.717) is 0 Å². The molecule has 2 aromatic carbocycles. The molecule has 0 bridgehead atoms. The van der Waals surface area contributed by atoms with Gasteiger partial charge in [0.1, 0.15) is 0 Å². The van der Waals surface area contributed by atoms with Crippen molar-refractivity contribution in [3.63, 3.8) is 0 Å². The van der Waals surface area contributed by atoms with E-state index < -0.39 is 0 Å². The number of benzene rings is 2. The molecule has 3 N–H and O–H groups in total. The molecule has 1 aromatic heterocycles. The van der Waals surface area contributed by atoms with Gasteiger partial charge in [-0.1, -0.05) is 18.2 Å². The molecule has 0 saturated heterocycles. The van der Waals surface area contributed by atoms with Crippen LogP contribution in [0.15, 0.2) is 47.8 Å². The van der Waals surface area contributed by atoms with Crippen molar-refractivity contribution in [2.45, 2.75) is 13.8 Å². The van der Waals surface area contributed by atoms with Crippen molar-refractivity contribution in [3.8, 4) is 11.3 Å². The molecule has 106 valence electrons. The number of rotatable bonds is 3. The minimum atomic E-state index is 0.754. The van der Waals surface area contributed by atoms with Gasteiger partial charge in [-0.05, 0) is 49.2 Å². The zero-order valence-electron chi connectivity index (χ0n) is 12.1. The van der Waals surface area contributed by atoms with Crippen LogP contribution in [-0.2, 0) is 0 Å². The monoisotopic (exact) mass is 295 g/mol. The van der Waals surface area contributed by atoms with Gasteiger partial charge in [0.15, 0.2) is 5.13 Å². The van der Waals surface area contributed by atoms with Crippen LogP contribution in [0.3, 0.4) is 0 Å². The summed E-state index contributed by atoms with van der Waals surface area (Å²) in [6.45, 7) is 4.22. The fraction of sp³-hybridized carbons (Fsp3) is 0.118. The van der Waals surface area contributed by atoms with Crippen LogP contribution < -0.4 is 11.1 Å². The van der Waals surface area contributed by atoms with E-state index in [0.717, 1.165) is 27.8 Å². The summed E-state index contributed by atoms with van der Waals surface area (Å²) in [5.41, 5.74) is 12.2. The van der Waals surface area contributed by atoms with E-state index in [2.05, 4.69) is 42.3 Å². The van der Waals surface area contributed by atoms with Gasteiger partial charge in [-0.15, -0.1) is 11.3 Å². The minimum Gasteiger partial charge on any atom is -0.399 e. The van der Waals surface area contributed by atoms with Gasteiger partial charge in [0.2, 0.25) is 0 Å². The molecule has 0 saturated carbocycles. The van der Waals surface area contributed by atoms with Crippen LogP contribution in [0.25, 0.3) is 11.3 Å². The lowest BCUT2D eigenvalue weighted by Gasteiger charge is -2.05. The number of nitrogens with zero attached hydrogens (tertiary/aromatic N) is 1. The van der Waals surface area contributed by atoms with E-state index >= 15 is 0 Å². The first-order valence-electron chi connectivity index (χ1n) is 6.77. The molecule has 0 fully saturated rings. The largest absolute Gasteiger partial charge is 0.399 e. The first-order valence-corrected chi connectivity index (χ1v) is 7.65. The SMILES string of the molecule is Cc1ccc(Nc2nc(-c3cccc(N)c3)cs2)cc1C. The minimum absolute atomic E-state index is 0.754. The lowest BCUT2D eigenvalue weighted by Crippen LogP contribution is -1.91. The Labute approximate surface area is 128 Å². The Morgan fingerprint density at radius 2 is 1.90 bits per heavy atom. The van der Waals surface area contributed by atoms with Crippen LogP contribution in [0, 0.1) is 13.8 Å². The molecule has 0 amide bonds. The summed E-state index contributed by atoms with van der Waals surface area (Å²) in [7, 11) is 0. The van der Waals surface area contributed by atoms with Crippen LogP contribution in [0.5, 0.6) is 0 Å². The molecular weight excluding hydrogens is 278 g/mol. The highest BCUT2D eigenvalue weighted by Gasteiger charge is 2.05. The molecule has 3 nitrogen and oxygen atoms in total. The van der Waals surface area contributed by atoms with Gasteiger partial charge in [-0.3, -0.25) is 0 Å². The zero-order valence-corrected chi connectivity index (χ0v) is 12.9. The Morgan fingerprint density at radius 3 is 2.67 bits per heavy atom. The fourth-order valence-electron chi connectivity index (χ4n) is 2.10. The third-order valence-corrected chi connectivity index (χ3v) is 4.20. The number of hydrogen-bond donors (Lipinski definition) is 2. The summed E-state index contributed by atoms with van der Waals surface area (Å²) in [4.78, 5) is 4.62. The molecule has 0 aliphatic heterocycles. The maximum Gasteiger partial charge on any atom is 0.187 e. The van der Waals surface area contributed by atoms with Gasteiger partial charge in [0, 0.05) is 22.3 Å². The lowest BCUT2D eigenvalue weighted by molar-refractivity contribution is 1.33. The number of aromatic nitrogens is 1. The molecule has 0 aliphatic carbocycles. The highest BCUT2D eigenvalue weighted by molar-refractivity contribution is 7.14. The van der Waals surface area contributed by atoms with Crippen LogP contribution in [-0.4, -0.2) is 4.98 Å². The van der Waals surface area contributed by atoms with Crippen LogP contribution in [0.4, 0.5) is 16.5 Å². The summed E-state index contributed by atoms with van der Waals surface area (Å²) in [6, 6.07) is 14.1. The molecule has 0 radical (unpaired) electrons. The molecule has 3 rings (SSSR count). The highest BCUT2D eigenvalue weighted by atomic mass is 32.1. The van der Waals surface area contributed by atoms with E-state index in [1.54, 1.807) is 11.3 Å². The van der Waals surface area contributed by atoms with Gasteiger partial charge in [0.05, 0.1) is 5.69 Å². The normalized spacial score (nSPS) is 10.6. The average molecular weight is 295 g/mol. The molecule has 4 heteroatoms. The van der Waals surface area contributed by atoms with Gasteiger partial charge >= 0.3 is 0 Å². The second kappa shape index (κ2) is 5.58. The van der Waals surface area contributed by atoms with Crippen molar-refractivity contribution in [1.82, 2.24) is 4.98 Å². The Hall–Kier alpha value is -2.33. The average Bonchev–Trinajstić information content (AvgIpc) is 2.91. The predicted molar refractivity (Wildman–Crippen MR) is 91.2 cm³/mol. The lowest BCUT2D eigenvalue weighted by atomic mass is 10.1. The van der Waals surface area contributed by atoms with Gasteiger partial charge < -0.3 is 11.1 Å². The van der Waals surface area contributed by atoms with Crippen molar-refractivity contribution in [3.05, 3.63) is 59.0 Å². The van der Waals surface area contributed by atoms with Crippen LogP contribution in [0.2, 0.25) is 0 Å². The molecule has 0 atom stereocenters. The van der Waals surface area contributed by atoms with Crippen molar-refractivity contribution in [2.75, 3.05) is 11.1 Å². The van der Waals surface area contributed by atoms with Gasteiger partial charge in [-0.2, -0.15) is 0 Å². The second-order valence-corrected chi connectivity index (χ2v) is 5.95. The third-order valence-electron chi connectivity index (χ3n) is 3.44. The number of thiazole rings is 1. The Balaban J connectivity index is 1.83. The molecule has 0 unspecified atom stereocenters. The Bertz CT molecular complexity index is 777. The van der Waals surface area contributed by atoms with E-state index in [-0.39, 0.29) is 0 Å². The standard InChI is InChI=1S/C17H17N3S/c1-11-6-7-15(8-12(11)2)19-17-20-16(10-21-17)13-4-3-5-14(18)9-13/h3-10H,18H2,1-2H3,(H,19,20). The first kappa shape index (κ1) is 13.6. The van der Waals surface area contributed by atoms with Crippen LogP contribution in [0.1, 0.15) is 11.1 Å². The van der Waals surface area contributed by atoms with Crippen molar-refractivity contribution in [1.29, 1.82) is 0 Å². The fourth-order valence-corrected chi connectivity index (χ4v) is 2.84. The summed E-state index contributed by atoms with van der Waals surface area (Å²) >= 11 is 1.59. The number of hydrogen-bond acceptors (Lipinski definition) is 4. The summed E-state index contributed by atoms with van der Waals surface area (Å²) < 4.78 is 0. The van der Waals surface area contributed by atoms with Crippen LogP contribution >= 0.6 is 11.3 Å². The van der Waals surface area contributed by atoms with E-state index in [4.69, 9.17) is 5.73 Å². The molecular formula is C17H17N3S.